The molecule has 140 valence electrons. The fourth-order valence-electron chi connectivity index (χ4n) is 2.51. The maximum Gasteiger partial charge on any atom is 0.249 e. The zero-order chi connectivity index (χ0) is 19.1. The molecule has 0 saturated carbocycles. The molecule has 3 aromatic rings. The van der Waals surface area contributed by atoms with Crippen LogP contribution in [0.4, 0.5) is 17.5 Å². The summed E-state index contributed by atoms with van der Waals surface area (Å²) in [6.45, 7) is 0.703. The van der Waals surface area contributed by atoms with Crippen LogP contribution in [-0.4, -0.2) is 35.9 Å². The van der Waals surface area contributed by atoms with Crippen LogP contribution in [0.5, 0.6) is 11.5 Å². The van der Waals surface area contributed by atoms with Crippen molar-refractivity contribution in [2.24, 2.45) is 0 Å². The molecular formula is C19H20ClN5O2. The largest absolute Gasteiger partial charge is 0.493 e. The van der Waals surface area contributed by atoms with Gasteiger partial charge in [0.2, 0.25) is 5.95 Å². The summed E-state index contributed by atoms with van der Waals surface area (Å²) in [5, 5.41) is 15.1. The topological polar surface area (TPSA) is 81.2 Å². The van der Waals surface area contributed by atoms with Gasteiger partial charge in [0, 0.05) is 23.3 Å². The van der Waals surface area contributed by atoms with E-state index in [2.05, 4.69) is 25.8 Å². The summed E-state index contributed by atoms with van der Waals surface area (Å²) in [4.78, 5) is 4.42. The molecule has 1 heterocycles. The van der Waals surface area contributed by atoms with Gasteiger partial charge in [-0.1, -0.05) is 23.7 Å². The average molecular weight is 386 g/mol. The molecule has 0 amide bonds. The van der Waals surface area contributed by atoms with Crippen molar-refractivity contribution >= 4 is 29.1 Å². The molecular weight excluding hydrogens is 366 g/mol. The monoisotopic (exact) mass is 385 g/mol. The second-order valence-corrected chi connectivity index (χ2v) is 6.10. The number of rotatable bonds is 8. The van der Waals surface area contributed by atoms with Gasteiger partial charge < -0.3 is 20.1 Å². The molecule has 0 bridgehead atoms. The maximum atomic E-state index is 6.00. The smallest absolute Gasteiger partial charge is 0.249 e. The highest BCUT2D eigenvalue weighted by atomic mass is 35.5. The van der Waals surface area contributed by atoms with Gasteiger partial charge in [0.25, 0.3) is 0 Å². The van der Waals surface area contributed by atoms with E-state index in [0.717, 1.165) is 22.7 Å². The Labute approximate surface area is 162 Å². The molecule has 8 heteroatoms. The number of benzene rings is 2. The van der Waals surface area contributed by atoms with E-state index in [0.29, 0.717) is 29.8 Å². The van der Waals surface area contributed by atoms with Gasteiger partial charge in [0.1, 0.15) is 0 Å². The van der Waals surface area contributed by atoms with Gasteiger partial charge in [-0.3, -0.25) is 0 Å². The van der Waals surface area contributed by atoms with Crippen molar-refractivity contribution in [3.8, 4) is 11.5 Å². The first kappa shape index (κ1) is 18.7. The first-order chi connectivity index (χ1) is 13.2. The number of nitrogens with zero attached hydrogens (tertiary/aromatic N) is 3. The van der Waals surface area contributed by atoms with E-state index in [-0.39, 0.29) is 0 Å². The number of nitrogens with one attached hydrogen (secondary N) is 2. The molecule has 0 fully saturated rings. The second-order valence-electron chi connectivity index (χ2n) is 5.67. The van der Waals surface area contributed by atoms with Crippen LogP contribution in [0.15, 0.2) is 48.7 Å². The van der Waals surface area contributed by atoms with Crippen LogP contribution in [0.25, 0.3) is 0 Å². The van der Waals surface area contributed by atoms with E-state index < -0.39 is 0 Å². The molecule has 0 saturated heterocycles. The van der Waals surface area contributed by atoms with Gasteiger partial charge in [-0.15, -0.1) is 5.10 Å². The molecule has 0 atom stereocenters. The highest BCUT2D eigenvalue weighted by molar-refractivity contribution is 6.30. The minimum Gasteiger partial charge on any atom is -0.493 e. The molecule has 2 aromatic carbocycles. The first-order valence-electron chi connectivity index (χ1n) is 8.35. The molecule has 3 rings (SSSR count). The van der Waals surface area contributed by atoms with Crippen molar-refractivity contribution in [2.45, 2.75) is 6.42 Å². The van der Waals surface area contributed by atoms with Crippen LogP contribution >= 0.6 is 11.6 Å². The number of aromatic nitrogens is 3. The molecule has 0 unspecified atom stereocenters. The van der Waals surface area contributed by atoms with E-state index in [1.165, 1.54) is 0 Å². The Hall–Kier alpha value is -3.06. The minimum absolute atomic E-state index is 0.384. The average Bonchev–Trinajstić information content (AvgIpc) is 2.68. The lowest BCUT2D eigenvalue weighted by Gasteiger charge is -2.11. The van der Waals surface area contributed by atoms with Crippen molar-refractivity contribution < 1.29 is 9.47 Å². The summed E-state index contributed by atoms with van der Waals surface area (Å²) in [7, 11) is 3.18. The lowest BCUT2D eigenvalue weighted by atomic mass is 10.1. The van der Waals surface area contributed by atoms with Gasteiger partial charge in [-0.2, -0.15) is 10.1 Å². The molecule has 0 radical (unpaired) electrons. The Morgan fingerprint density at radius 1 is 1.04 bits per heavy atom. The number of methoxy groups -OCH3 is 2. The van der Waals surface area contributed by atoms with Crippen LogP contribution in [-0.2, 0) is 6.42 Å². The molecule has 0 aliphatic heterocycles. The third-order valence-corrected chi connectivity index (χ3v) is 4.04. The predicted octanol–water partition coefficient (Wildman–Crippen LogP) is 3.94. The van der Waals surface area contributed by atoms with Crippen LogP contribution in [0.3, 0.4) is 0 Å². The Morgan fingerprint density at radius 3 is 2.67 bits per heavy atom. The van der Waals surface area contributed by atoms with Crippen molar-refractivity contribution in [2.75, 3.05) is 31.4 Å². The Kier molecular flexibility index (Phi) is 6.27. The molecule has 0 spiro atoms. The van der Waals surface area contributed by atoms with E-state index >= 15 is 0 Å². The molecule has 7 nitrogen and oxygen atoms in total. The normalized spacial score (nSPS) is 10.3. The quantitative estimate of drug-likeness (QED) is 0.607. The number of hydrogen-bond acceptors (Lipinski definition) is 7. The predicted molar refractivity (Wildman–Crippen MR) is 106 cm³/mol. The van der Waals surface area contributed by atoms with E-state index in [1.54, 1.807) is 26.5 Å². The summed E-state index contributed by atoms with van der Waals surface area (Å²) in [6, 6.07) is 13.3. The lowest BCUT2D eigenvalue weighted by molar-refractivity contribution is 0.355. The maximum absolute atomic E-state index is 6.00. The van der Waals surface area contributed by atoms with Crippen molar-refractivity contribution in [1.82, 2.24) is 15.2 Å². The highest BCUT2D eigenvalue weighted by Crippen LogP contribution is 2.30. The number of ether oxygens (including phenoxy) is 2. The summed E-state index contributed by atoms with van der Waals surface area (Å²) in [5.41, 5.74) is 1.92. The third-order valence-electron chi connectivity index (χ3n) is 3.81. The lowest BCUT2D eigenvalue weighted by Crippen LogP contribution is -2.08. The van der Waals surface area contributed by atoms with Crippen molar-refractivity contribution in [3.05, 3.63) is 59.2 Å². The van der Waals surface area contributed by atoms with Crippen LogP contribution in [0.2, 0.25) is 5.02 Å². The van der Waals surface area contributed by atoms with Crippen molar-refractivity contribution in [1.29, 1.82) is 0 Å². The van der Waals surface area contributed by atoms with Crippen LogP contribution in [0, 0.1) is 0 Å². The zero-order valence-corrected chi connectivity index (χ0v) is 15.8. The molecule has 0 aliphatic rings. The van der Waals surface area contributed by atoms with Crippen molar-refractivity contribution in [3.63, 3.8) is 0 Å². The summed E-state index contributed by atoms with van der Waals surface area (Å²) in [6.07, 6.45) is 2.40. The highest BCUT2D eigenvalue weighted by Gasteiger charge is 2.07. The number of hydrogen-bond donors (Lipinski definition) is 2. The van der Waals surface area contributed by atoms with Gasteiger partial charge in [-0.25, -0.2) is 0 Å². The van der Waals surface area contributed by atoms with Gasteiger partial charge in [0.05, 0.1) is 20.4 Å². The van der Waals surface area contributed by atoms with Gasteiger partial charge in [0.15, 0.2) is 17.3 Å². The fourth-order valence-corrected chi connectivity index (χ4v) is 2.73. The van der Waals surface area contributed by atoms with E-state index in [9.17, 15) is 0 Å². The summed E-state index contributed by atoms with van der Waals surface area (Å²) < 4.78 is 10.5. The van der Waals surface area contributed by atoms with Gasteiger partial charge >= 0.3 is 0 Å². The van der Waals surface area contributed by atoms with E-state index in [1.807, 2.05) is 36.4 Å². The summed E-state index contributed by atoms with van der Waals surface area (Å²) in [5.74, 6) is 2.29. The second kappa shape index (κ2) is 9.05. The fraction of sp³-hybridized carbons (Fsp3) is 0.211. The van der Waals surface area contributed by atoms with Crippen LogP contribution in [0.1, 0.15) is 5.56 Å². The standard InChI is InChI=1S/C19H20ClN5O2/c1-26-16-7-6-15(11-17(16)27-2)23-19-24-18(12-22-25-19)21-9-8-13-4-3-5-14(20)10-13/h3-7,10-12H,8-9H2,1-2H3,(H2,21,23,24,25). The molecule has 0 aliphatic carbocycles. The SMILES string of the molecule is COc1ccc(Nc2nncc(NCCc3cccc(Cl)c3)n2)cc1OC. The minimum atomic E-state index is 0.384. The zero-order valence-electron chi connectivity index (χ0n) is 15.1. The first-order valence-corrected chi connectivity index (χ1v) is 8.73. The molecule has 1 aromatic heterocycles. The third kappa shape index (κ3) is 5.21. The Bertz CT molecular complexity index is 907. The summed E-state index contributed by atoms with van der Waals surface area (Å²) >= 11 is 6.00. The van der Waals surface area contributed by atoms with Gasteiger partial charge in [-0.05, 0) is 36.2 Å². The van der Waals surface area contributed by atoms with E-state index in [4.69, 9.17) is 21.1 Å². The number of anilines is 3. The van der Waals surface area contributed by atoms with Crippen LogP contribution < -0.4 is 20.1 Å². The Morgan fingerprint density at radius 2 is 1.89 bits per heavy atom. The number of halogens is 1. The molecule has 27 heavy (non-hydrogen) atoms. The molecule has 2 N–H and O–H groups in total. The Balaban J connectivity index is 1.62.